The molecule has 1 aromatic rings. The number of hydrogen-bond donors (Lipinski definition) is 5. The van der Waals surface area contributed by atoms with Crippen molar-refractivity contribution >= 4 is 10.9 Å². The van der Waals surface area contributed by atoms with Crippen molar-refractivity contribution in [3.05, 3.63) is 35.4 Å². The number of rotatable bonds is 8. The molecule has 25 heavy (non-hydrogen) atoms. The summed E-state index contributed by atoms with van der Waals surface area (Å²) >= 11 is 0. The van der Waals surface area contributed by atoms with Gasteiger partial charge in [-0.2, -0.15) is 0 Å². The van der Waals surface area contributed by atoms with Gasteiger partial charge < -0.3 is 42.7 Å². The van der Waals surface area contributed by atoms with Crippen molar-refractivity contribution in [1.29, 1.82) is 0 Å². The van der Waals surface area contributed by atoms with Crippen molar-refractivity contribution < 1.29 is 42.7 Å². The third-order valence-corrected chi connectivity index (χ3v) is 7.30. The Balaban J connectivity index is 0.00000312. The second-order valence-corrected chi connectivity index (χ2v) is 8.52. The molecule has 5 N–H and O–H groups in total. The second kappa shape index (κ2) is 10.7. The summed E-state index contributed by atoms with van der Waals surface area (Å²) in [6.45, 7) is 1.70. The number of halogens is 1. The van der Waals surface area contributed by atoms with E-state index in [0.717, 1.165) is 11.1 Å². The molecule has 0 bridgehead atoms. The maximum Gasteiger partial charge on any atom is 0.169 e. The van der Waals surface area contributed by atoms with Gasteiger partial charge in [-0.3, -0.25) is 0 Å². The summed E-state index contributed by atoms with van der Waals surface area (Å²) in [5.74, 6) is 0.623. The standard InChI is InChI=1S/C17H27O6S.ClH/c1-11-4-2-3-5-12(11)8-23-15(6-18)13(20)9-24-10-14(21)17(22)16(24)7-19;/h2-5,13-22H,6-10H2,1H3;1H/q+1;/p-1/t13-,14-,15+,16-,17+,24?;/m1./s1. The predicted molar refractivity (Wildman–Crippen MR) is 92.8 cm³/mol. The second-order valence-electron chi connectivity index (χ2n) is 6.18. The van der Waals surface area contributed by atoms with Crippen molar-refractivity contribution in [2.75, 3.05) is 24.7 Å². The van der Waals surface area contributed by atoms with Gasteiger partial charge >= 0.3 is 0 Å². The average molecular weight is 395 g/mol. The highest BCUT2D eigenvalue weighted by Crippen LogP contribution is 2.25. The molecule has 1 aliphatic heterocycles. The van der Waals surface area contributed by atoms with Crippen molar-refractivity contribution in [1.82, 2.24) is 0 Å². The molecule has 8 heteroatoms. The van der Waals surface area contributed by atoms with Gasteiger partial charge in [0.15, 0.2) is 5.25 Å². The van der Waals surface area contributed by atoms with E-state index in [9.17, 15) is 25.5 Å². The molecule has 0 aromatic heterocycles. The van der Waals surface area contributed by atoms with Crippen molar-refractivity contribution in [2.45, 2.75) is 43.2 Å². The van der Waals surface area contributed by atoms with Crippen LogP contribution in [0.25, 0.3) is 0 Å². The Labute approximate surface area is 157 Å². The molecule has 1 heterocycles. The number of benzene rings is 1. The van der Waals surface area contributed by atoms with Crippen LogP contribution in [0.5, 0.6) is 0 Å². The zero-order valence-electron chi connectivity index (χ0n) is 14.2. The number of ether oxygens (including phenoxy) is 1. The van der Waals surface area contributed by atoms with Gasteiger partial charge in [0.05, 0.1) is 19.8 Å². The van der Waals surface area contributed by atoms with E-state index < -0.39 is 40.6 Å². The molecule has 0 radical (unpaired) electrons. The highest BCUT2D eigenvalue weighted by molar-refractivity contribution is 7.97. The van der Waals surface area contributed by atoms with Gasteiger partial charge in [0.1, 0.15) is 35.9 Å². The van der Waals surface area contributed by atoms with Crippen LogP contribution >= 0.6 is 0 Å². The minimum Gasteiger partial charge on any atom is -1.00 e. The minimum atomic E-state index is -0.967. The fourth-order valence-electron chi connectivity index (χ4n) is 2.87. The van der Waals surface area contributed by atoms with E-state index in [1.54, 1.807) is 0 Å². The van der Waals surface area contributed by atoms with Crippen LogP contribution in [0, 0.1) is 6.92 Å². The summed E-state index contributed by atoms with van der Waals surface area (Å²) in [6.07, 6.45) is -3.51. The van der Waals surface area contributed by atoms with E-state index in [1.165, 1.54) is 0 Å². The highest BCUT2D eigenvalue weighted by Gasteiger charge is 2.50. The van der Waals surface area contributed by atoms with Crippen molar-refractivity contribution in [3.63, 3.8) is 0 Å². The number of aliphatic hydroxyl groups excluding tert-OH is 5. The quantitative estimate of drug-likeness (QED) is 0.287. The summed E-state index contributed by atoms with van der Waals surface area (Å²) in [7, 11) is -0.521. The number of aryl methyl sites for hydroxylation is 1. The average Bonchev–Trinajstić information content (AvgIpc) is 2.83. The zero-order valence-corrected chi connectivity index (χ0v) is 15.7. The Kier molecular flexibility index (Phi) is 9.69. The van der Waals surface area contributed by atoms with Gasteiger partial charge in [-0.25, -0.2) is 0 Å². The zero-order chi connectivity index (χ0) is 17.7. The summed E-state index contributed by atoms with van der Waals surface area (Å²) in [4.78, 5) is 0. The summed E-state index contributed by atoms with van der Waals surface area (Å²) in [5.41, 5.74) is 2.07. The lowest BCUT2D eigenvalue weighted by Gasteiger charge is -2.22. The highest BCUT2D eigenvalue weighted by atomic mass is 35.5. The van der Waals surface area contributed by atoms with Gasteiger partial charge in [0.25, 0.3) is 0 Å². The maximum atomic E-state index is 10.4. The van der Waals surface area contributed by atoms with E-state index in [0.29, 0.717) is 5.75 Å². The third-order valence-electron chi connectivity index (χ3n) is 4.48. The molecule has 0 saturated carbocycles. The van der Waals surface area contributed by atoms with Gasteiger partial charge in [-0.15, -0.1) is 0 Å². The molecule has 6 atom stereocenters. The molecule has 2 rings (SSSR count). The molecule has 0 amide bonds. The lowest BCUT2D eigenvalue weighted by atomic mass is 10.1. The summed E-state index contributed by atoms with van der Waals surface area (Å²) in [5, 5.41) is 48.4. The van der Waals surface area contributed by atoms with Crippen LogP contribution in [0.4, 0.5) is 0 Å². The molecule has 1 aliphatic rings. The Morgan fingerprint density at radius 1 is 1.24 bits per heavy atom. The predicted octanol–water partition coefficient (Wildman–Crippen LogP) is -4.05. The van der Waals surface area contributed by atoms with Crippen LogP contribution in [0.2, 0.25) is 0 Å². The Morgan fingerprint density at radius 2 is 1.92 bits per heavy atom. The van der Waals surface area contributed by atoms with E-state index in [1.807, 2.05) is 31.2 Å². The molecule has 6 nitrogen and oxygen atoms in total. The molecule has 1 saturated heterocycles. The first kappa shape index (κ1) is 22.7. The first-order valence-electron chi connectivity index (χ1n) is 8.06. The largest absolute Gasteiger partial charge is 1.00 e. The smallest absolute Gasteiger partial charge is 0.169 e. The van der Waals surface area contributed by atoms with Crippen molar-refractivity contribution in [2.24, 2.45) is 0 Å². The van der Waals surface area contributed by atoms with Crippen LogP contribution in [0.1, 0.15) is 11.1 Å². The molecule has 0 aliphatic carbocycles. The van der Waals surface area contributed by atoms with Gasteiger partial charge in [-0.05, 0) is 18.1 Å². The van der Waals surface area contributed by atoms with Crippen LogP contribution in [0.15, 0.2) is 24.3 Å². The fourth-order valence-corrected chi connectivity index (χ4v) is 5.58. The molecule has 1 aromatic carbocycles. The summed E-state index contributed by atoms with van der Waals surface area (Å²) in [6, 6.07) is 7.75. The molecule has 1 fully saturated rings. The van der Waals surface area contributed by atoms with Crippen molar-refractivity contribution in [3.8, 4) is 0 Å². The molecule has 144 valence electrons. The fraction of sp³-hybridized carbons (Fsp3) is 0.647. The van der Waals surface area contributed by atoms with E-state index in [4.69, 9.17) is 4.74 Å². The molecule has 0 spiro atoms. The molecule has 1 unspecified atom stereocenters. The number of hydrogen-bond acceptors (Lipinski definition) is 6. The normalized spacial score (nSPS) is 28.4. The van der Waals surface area contributed by atoms with Gasteiger partial charge in [0, 0.05) is 10.9 Å². The molecular weight excluding hydrogens is 368 g/mol. The van der Waals surface area contributed by atoms with E-state index in [2.05, 4.69) is 0 Å². The van der Waals surface area contributed by atoms with Crippen LogP contribution in [0.3, 0.4) is 0 Å². The molecular formula is C17H27ClO6S. The third kappa shape index (κ3) is 5.80. The maximum absolute atomic E-state index is 10.4. The minimum absolute atomic E-state index is 0. The first-order valence-corrected chi connectivity index (χ1v) is 9.68. The van der Waals surface area contributed by atoms with Gasteiger partial charge in [0.2, 0.25) is 0 Å². The Bertz CT molecular complexity index is 520. The first-order chi connectivity index (χ1) is 11.5. The monoisotopic (exact) mass is 394 g/mol. The SMILES string of the molecule is Cc1ccccc1CO[C@@H](CO)[C@H](O)C[S+]1C[C@@H](O)[C@H](O)[C@H]1CO.[Cl-]. The lowest BCUT2D eigenvalue weighted by molar-refractivity contribution is -0.0624. The summed E-state index contributed by atoms with van der Waals surface area (Å²) < 4.78 is 5.67. The Hall–Kier alpha value is -0.380. The van der Waals surface area contributed by atoms with Crippen LogP contribution < -0.4 is 12.4 Å². The lowest BCUT2D eigenvalue weighted by Crippen LogP contribution is -3.00. The van der Waals surface area contributed by atoms with Gasteiger partial charge in [-0.1, -0.05) is 24.3 Å². The van der Waals surface area contributed by atoms with E-state index in [-0.39, 0.29) is 38.0 Å². The van der Waals surface area contributed by atoms with Crippen LogP contribution in [-0.4, -0.2) is 79.9 Å². The topological polar surface area (TPSA) is 110 Å². The number of aliphatic hydroxyl groups is 5. The van der Waals surface area contributed by atoms with Crippen LogP contribution in [-0.2, 0) is 22.2 Å². The van der Waals surface area contributed by atoms with E-state index >= 15 is 0 Å². The Morgan fingerprint density at radius 3 is 2.52 bits per heavy atom.